The summed E-state index contributed by atoms with van der Waals surface area (Å²) in [6.07, 6.45) is 2.30. The molecule has 2 aromatic rings. The summed E-state index contributed by atoms with van der Waals surface area (Å²) in [7, 11) is 3.98. The Balaban J connectivity index is 1.89. The molecular weight excluding hydrogens is 252 g/mol. The predicted molar refractivity (Wildman–Crippen MR) is 80.7 cm³/mol. The maximum Gasteiger partial charge on any atom is 0.221 e. The Bertz CT molecular complexity index is 589. The number of hydrogen-bond acceptors (Lipinski definition) is 3. The summed E-state index contributed by atoms with van der Waals surface area (Å²) in [6.45, 7) is 4.21. The van der Waals surface area contributed by atoms with Gasteiger partial charge in [0.05, 0.1) is 18.3 Å². The van der Waals surface area contributed by atoms with Crippen molar-refractivity contribution in [1.82, 2.24) is 20.0 Å². The van der Waals surface area contributed by atoms with Crippen molar-refractivity contribution in [1.29, 1.82) is 0 Å². The number of rotatable bonds is 6. The number of hydrogen-bond donors (Lipinski definition) is 1. The van der Waals surface area contributed by atoms with E-state index in [1.165, 1.54) is 5.56 Å². The van der Waals surface area contributed by atoms with Crippen molar-refractivity contribution in [2.75, 3.05) is 27.2 Å². The van der Waals surface area contributed by atoms with Gasteiger partial charge in [0.15, 0.2) is 0 Å². The highest BCUT2D eigenvalue weighted by molar-refractivity contribution is 5.80. The topological polar surface area (TPSA) is 50.2 Å². The average molecular weight is 274 g/mol. The molecule has 0 fully saturated rings. The lowest BCUT2D eigenvalue weighted by Gasteiger charge is -2.10. The molecule has 0 atom stereocenters. The summed E-state index contributed by atoms with van der Waals surface area (Å²) < 4.78 is 1.90. The second-order valence-electron chi connectivity index (χ2n) is 5.33. The number of aryl methyl sites for hydroxylation is 2. The Morgan fingerprint density at radius 3 is 2.95 bits per heavy atom. The van der Waals surface area contributed by atoms with Crippen LogP contribution in [0.2, 0.25) is 0 Å². The minimum atomic E-state index is 0.0724. The Kier molecular flexibility index (Phi) is 4.74. The molecule has 5 nitrogen and oxygen atoms in total. The molecule has 2 rings (SSSR count). The highest BCUT2D eigenvalue weighted by atomic mass is 16.1. The molecule has 0 aliphatic carbocycles. The number of aromatic nitrogens is 2. The van der Waals surface area contributed by atoms with Gasteiger partial charge in [-0.15, -0.1) is 0 Å². The molecule has 20 heavy (non-hydrogen) atoms. The third kappa shape index (κ3) is 3.81. The van der Waals surface area contributed by atoms with Crippen LogP contribution in [0.3, 0.4) is 0 Å². The number of likely N-dealkylation sites (N-methyl/N-ethyl adjacent to an activating group) is 1. The SMILES string of the molecule is Cc1ccc2cnn(CCC(=O)NCCN(C)C)c2c1. The number of benzene rings is 1. The lowest BCUT2D eigenvalue weighted by molar-refractivity contribution is -0.121. The van der Waals surface area contributed by atoms with E-state index in [-0.39, 0.29) is 5.91 Å². The fraction of sp³-hybridized carbons (Fsp3) is 0.467. The van der Waals surface area contributed by atoms with Crippen LogP contribution in [0, 0.1) is 6.92 Å². The molecule has 0 unspecified atom stereocenters. The summed E-state index contributed by atoms with van der Waals surface area (Å²) in [6, 6.07) is 6.24. The first kappa shape index (κ1) is 14.5. The smallest absolute Gasteiger partial charge is 0.221 e. The Morgan fingerprint density at radius 1 is 1.40 bits per heavy atom. The van der Waals surface area contributed by atoms with Crippen LogP contribution < -0.4 is 5.32 Å². The lowest BCUT2D eigenvalue weighted by atomic mass is 10.2. The van der Waals surface area contributed by atoms with Gasteiger partial charge in [0.2, 0.25) is 5.91 Å². The van der Waals surface area contributed by atoms with Gasteiger partial charge in [-0.1, -0.05) is 12.1 Å². The standard InChI is InChI=1S/C15H22N4O/c1-12-4-5-13-11-17-19(14(13)10-12)8-6-15(20)16-7-9-18(2)3/h4-5,10-11H,6-9H2,1-3H3,(H,16,20). The van der Waals surface area contributed by atoms with E-state index in [0.29, 0.717) is 19.5 Å². The molecule has 0 aliphatic rings. The Hall–Kier alpha value is -1.88. The molecule has 0 spiro atoms. The number of nitrogens with one attached hydrogen (secondary N) is 1. The van der Waals surface area contributed by atoms with Crippen LogP contribution >= 0.6 is 0 Å². The fourth-order valence-electron chi connectivity index (χ4n) is 2.07. The summed E-state index contributed by atoms with van der Waals surface area (Å²) in [5.74, 6) is 0.0724. The third-order valence-electron chi connectivity index (χ3n) is 3.23. The molecule has 5 heteroatoms. The number of nitrogens with zero attached hydrogens (tertiary/aromatic N) is 3. The van der Waals surface area contributed by atoms with E-state index in [2.05, 4.69) is 35.5 Å². The van der Waals surface area contributed by atoms with Gasteiger partial charge in [0, 0.05) is 24.9 Å². The molecule has 1 amide bonds. The fourth-order valence-corrected chi connectivity index (χ4v) is 2.07. The largest absolute Gasteiger partial charge is 0.355 e. The van der Waals surface area contributed by atoms with Crippen molar-refractivity contribution in [3.05, 3.63) is 30.0 Å². The van der Waals surface area contributed by atoms with Crippen LogP contribution in [-0.2, 0) is 11.3 Å². The maximum absolute atomic E-state index is 11.8. The first-order valence-corrected chi connectivity index (χ1v) is 6.90. The Labute approximate surface area is 119 Å². The van der Waals surface area contributed by atoms with E-state index in [1.54, 1.807) is 0 Å². The molecule has 1 aromatic carbocycles. The maximum atomic E-state index is 11.8. The van der Waals surface area contributed by atoms with Gasteiger partial charge in [-0.05, 0) is 32.6 Å². The number of fused-ring (bicyclic) bond motifs is 1. The normalized spacial score (nSPS) is 11.2. The lowest BCUT2D eigenvalue weighted by Crippen LogP contribution is -2.31. The van der Waals surface area contributed by atoms with Crippen molar-refractivity contribution < 1.29 is 4.79 Å². The van der Waals surface area contributed by atoms with Gasteiger partial charge in [-0.2, -0.15) is 5.10 Å². The van der Waals surface area contributed by atoms with E-state index in [0.717, 1.165) is 17.4 Å². The second-order valence-corrected chi connectivity index (χ2v) is 5.33. The molecule has 0 saturated carbocycles. The quantitative estimate of drug-likeness (QED) is 0.866. The molecule has 0 radical (unpaired) electrons. The monoisotopic (exact) mass is 274 g/mol. The zero-order chi connectivity index (χ0) is 14.5. The molecule has 0 aliphatic heterocycles. The van der Waals surface area contributed by atoms with Gasteiger partial charge in [0.1, 0.15) is 0 Å². The number of amides is 1. The summed E-state index contributed by atoms with van der Waals surface area (Å²) in [5, 5.41) is 8.37. The van der Waals surface area contributed by atoms with E-state index < -0.39 is 0 Å². The van der Waals surface area contributed by atoms with Crippen LogP contribution in [0.4, 0.5) is 0 Å². The molecule has 1 heterocycles. The van der Waals surface area contributed by atoms with E-state index in [4.69, 9.17) is 0 Å². The molecule has 1 N–H and O–H groups in total. The van der Waals surface area contributed by atoms with E-state index >= 15 is 0 Å². The van der Waals surface area contributed by atoms with Crippen LogP contribution in [0.5, 0.6) is 0 Å². The van der Waals surface area contributed by atoms with E-state index in [1.807, 2.05) is 29.9 Å². The number of carbonyl (C=O) groups excluding carboxylic acids is 1. The summed E-state index contributed by atoms with van der Waals surface area (Å²) in [5.41, 5.74) is 2.29. The van der Waals surface area contributed by atoms with Crippen molar-refractivity contribution in [3.63, 3.8) is 0 Å². The molecular formula is C15H22N4O. The zero-order valence-corrected chi connectivity index (χ0v) is 12.4. The van der Waals surface area contributed by atoms with Crippen molar-refractivity contribution in [2.24, 2.45) is 0 Å². The van der Waals surface area contributed by atoms with Gasteiger partial charge in [0.25, 0.3) is 0 Å². The molecule has 0 saturated heterocycles. The van der Waals surface area contributed by atoms with Gasteiger partial charge >= 0.3 is 0 Å². The Morgan fingerprint density at radius 2 is 2.20 bits per heavy atom. The van der Waals surface area contributed by atoms with Gasteiger partial charge < -0.3 is 10.2 Å². The van der Waals surface area contributed by atoms with Gasteiger partial charge in [-0.3, -0.25) is 9.48 Å². The highest BCUT2D eigenvalue weighted by Crippen LogP contribution is 2.15. The summed E-state index contributed by atoms with van der Waals surface area (Å²) in [4.78, 5) is 13.8. The first-order valence-electron chi connectivity index (χ1n) is 6.90. The van der Waals surface area contributed by atoms with Crippen molar-refractivity contribution in [3.8, 4) is 0 Å². The second kappa shape index (κ2) is 6.52. The molecule has 0 bridgehead atoms. The summed E-state index contributed by atoms with van der Waals surface area (Å²) >= 11 is 0. The molecule has 1 aromatic heterocycles. The third-order valence-corrected chi connectivity index (χ3v) is 3.23. The zero-order valence-electron chi connectivity index (χ0n) is 12.4. The molecule has 108 valence electrons. The number of carbonyl (C=O) groups is 1. The van der Waals surface area contributed by atoms with Crippen LogP contribution in [0.15, 0.2) is 24.4 Å². The average Bonchev–Trinajstić information content (AvgIpc) is 2.78. The minimum absolute atomic E-state index is 0.0724. The van der Waals surface area contributed by atoms with Crippen molar-refractivity contribution in [2.45, 2.75) is 19.9 Å². The van der Waals surface area contributed by atoms with Crippen LogP contribution in [-0.4, -0.2) is 47.8 Å². The van der Waals surface area contributed by atoms with Crippen LogP contribution in [0.25, 0.3) is 10.9 Å². The first-order chi connectivity index (χ1) is 9.56. The highest BCUT2D eigenvalue weighted by Gasteiger charge is 2.06. The van der Waals surface area contributed by atoms with Gasteiger partial charge in [-0.25, -0.2) is 0 Å². The van der Waals surface area contributed by atoms with Crippen molar-refractivity contribution >= 4 is 16.8 Å². The van der Waals surface area contributed by atoms with Crippen LogP contribution in [0.1, 0.15) is 12.0 Å². The minimum Gasteiger partial charge on any atom is -0.355 e. The predicted octanol–water partition coefficient (Wildman–Crippen LogP) is 1.41. The van der Waals surface area contributed by atoms with E-state index in [9.17, 15) is 4.79 Å².